The molecule has 5 heteroatoms. The third-order valence-corrected chi connectivity index (χ3v) is 1.95. The van der Waals surface area contributed by atoms with Gasteiger partial charge < -0.3 is 15.9 Å². The van der Waals surface area contributed by atoms with Crippen molar-refractivity contribution in [2.45, 2.75) is 12.5 Å². The molecule has 0 fully saturated rings. The van der Waals surface area contributed by atoms with Crippen LogP contribution in [0.25, 0.3) is 0 Å². The van der Waals surface area contributed by atoms with Gasteiger partial charge in [0.15, 0.2) is 0 Å². The van der Waals surface area contributed by atoms with Gasteiger partial charge >= 0.3 is 11.9 Å². The molecular weight excluding hydrogens is 198 g/mol. The van der Waals surface area contributed by atoms with Crippen molar-refractivity contribution in [3.63, 3.8) is 0 Å². The zero-order valence-electron chi connectivity index (χ0n) is 7.88. The van der Waals surface area contributed by atoms with Crippen molar-refractivity contribution in [2.24, 2.45) is 5.73 Å². The van der Waals surface area contributed by atoms with Gasteiger partial charge in [0.2, 0.25) is 0 Å². The van der Waals surface area contributed by atoms with Crippen LogP contribution in [0.15, 0.2) is 24.3 Å². The molecule has 1 rings (SSSR count). The zero-order chi connectivity index (χ0) is 11.4. The molecule has 0 radical (unpaired) electrons. The molecule has 0 aliphatic rings. The standard InChI is InChI=1S/C10H11NO4/c11-8(10(14)15)5-6-2-1-3-7(4-6)9(12)13/h1-4,8H,5,11H2,(H,12,13)(H,14,15)/t8-/m1/s1. The first-order valence-electron chi connectivity index (χ1n) is 4.31. The Labute approximate surface area is 86.1 Å². The van der Waals surface area contributed by atoms with E-state index in [4.69, 9.17) is 15.9 Å². The van der Waals surface area contributed by atoms with Crippen LogP contribution in [0.5, 0.6) is 0 Å². The maximum Gasteiger partial charge on any atom is 0.335 e. The lowest BCUT2D eigenvalue weighted by molar-refractivity contribution is -0.138. The summed E-state index contributed by atoms with van der Waals surface area (Å²) in [6.07, 6.45) is 0.121. The Hall–Kier alpha value is -1.88. The fourth-order valence-electron chi connectivity index (χ4n) is 1.17. The molecule has 15 heavy (non-hydrogen) atoms. The van der Waals surface area contributed by atoms with Crippen LogP contribution in [-0.2, 0) is 11.2 Å². The molecule has 0 aliphatic carbocycles. The quantitative estimate of drug-likeness (QED) is 0.663. The summed E-state index contributed by atoms with van der Waals surface area (Å²) in [7, 11) is 0. The third-order valence-electron chi connectivity index (χ3n) is 1.95. The minimum Gasteiger partial charge on any atom is -0.480 e. The average Bonchev–Trinajstić information content (AvgIpc) is 2.18. The van der Waals surface area contributed by atoms with Gasteiger partial charge in [0.05, 0.1) is 5.56 Å². The van der Waals surface area contributed by atoms with Crippen LogP contribution in [-0.4, -0.2) is 28.2 Å². The molecule has 1 aromatic carbocycles. The average molecular weight is 209 g/mol. The molecular formula is C10H11NO4. The van der Waals surface area contributed by atoms with Gasteiger partial charge in [0.1, 0.15) is 6.04 Å². The summed E-state index contributed by atoms with van der Waals surface area (Å²) in [5.74, 6) is -2.14. The second kappa shape index (κ2) is 4.56. The molecule has 0 bridgehead atoms. The first-order valence-corrected chi connectivity index (χ1v) is 4.31. The van der Waals surface area contributed by atoms with Gasteiger partial charge in [-0.3, -0.25) is 4.79 Å². The summed E-state index contributed by atoms with van der Waals surface area (Å²) >= 11 is 0. The lowest BCUT2D eigenvalue weighted by atomic mass is 10.0. The fraction of sp³-hybridized carbons (Fsp3) is 0.200. The maximum atomic E-state index is 10.6. The number of rotatable bonds is 4. The molecule has 1 aromatic rings. The Morgan fingerprint density at radius 3 is 2.53 bits per heavy atom. The van der Waals surface area contributed by atoms with Crippen molar-refractivity contribution in [3.05, 3.63) is 35.4 Å². The lowest BCUT2D eigenvalue weighted by Gasteiger charge is -2.06. The first kappa shape index (κ1) is 11.2. The molecule has 4 N–H and O–H groups in total. The Kier molecular flexibility index (Phi) is 3.41. The second-order valence-corrected chi connectivity index (χ2v) is 3.15. The third kappa shape index (κ3) is 3.07. The van der Waals surface area contributed by atoms with Crippen molar-refractivity contribution in [2.75, 3.05) is 0 Å². The van der Waals surface area contributed by atoms with E-state index >= 15 is 0 Å². The fourth-order valence-corrected chi connectivity index (χ4v) is 1.17. The van der Waals surface area contributed by atoms with Gasteiger partial charge in [-0.05, 0) is 24.1 Å². The number of aromatic carboxylic acids is 1. The highest BCUT2D eigenvalue weighted by molar-refractivity contribution is 5.87. The van der Waals surface area contributed by atoms with E-state index in [1.54, 1.807) is 12.1 Å². The van der Waals surface area contributed by atoms with Gasteiger partial charge in [0, 0.05) is 0 Å². The Bertz CT molecular complexity index is 389. The summed E-state index contributed by atoms with van der Waals surface area (Å²) < 4.78 is 0. The van der Waals surface area contributed by atoms with E-state index in [2.05, 4.69) is 0 Å². The molecule has 0 aromatic heterocycles. The van der Waals surface area contributed by atoms with E-state index in [-0.39, 0.29) is 12.0 Å². The van der Waals surface area contributed by atoms with Crippen LogP contribution in [0.1, 0.15) is 15.9 Å². The summed E-state index contributed by atoms with van der Waals surface area (Å²) in [4.78, 5) is 21.1. The molecule has 0 spiro atoms. The van der Waals surface area contributed by atoms with Crippen molar-refractivity contribution in [3.8, 4) is 0 Å². The van der Waals surface area contributed by atoms with Crippen LogP contribution in [0.4, 0.5) is 0 Å². The highest BCUT2D eigenvalue weighted by Crippen LogP contribution is 2.07. The number of benzene rings is 1. The van der Waals surface area contributed by atoms with Crippen LogP contribution in [0, 0.1) is 0 Å². The number of aliphatic carboxylic acids is 1. The summed E-state index contributed by atoms with van der Waals surface area (Å²) in [6, 6.07) is 5.07. The number of carboxylic acid groups (broad SMARTS) is 2. The van der Waals surface area contributed by atoms with Crippen molar-refractivity contribution in [1.29, 1.82) is 0 Å². The molecule has 0 saturated heterocycles. The smallest absolute Gasteiger partial charge is 0.335 e. The van der Waals surface area contributed by atoms with E-state index in [1.807, 2.05) is 0 Å². The molecule has 5 nitrogen and oxygen atoms in total. The molecule has 0 heterocycles. The van der Waals surface area contributed by atoms with Gasteiger partial charge in [-0.15, -0.1) is 0 Å². The summed E-state index contributed by atoms with van der Waals surface area (Å²) in [5.41, 5.74) is 6.06. The van der Waals surface area contributed by atoms with E-state index in [0.29, 0.717) is 5.56 Å². The van der Waals surface area contributed by atoms with Crippen LogP contribution >= 0.6 is 0 Å². The molecule has 0 unspecified atom stereocenters. The van der Waals surface area contributed by atoms with Crippen molar-refractivity contribution < 1.29 is 19.8 Å². The molecule has 0 saturated carbocycles. The van der Waals surface area contributed by atoms with E-state index in [0.717, 1.165) is 0 Å². The van der Waals surface area contributed by atoms with E-state index < -0.39 is 18.0 Å². The molecule has 80 valence electrons. The van der Waals surface area contributed by atoms with Gasteiger partial charge in [-0.1, -0.05) is 12.1 Å². The van der Waals surface area contributed by atoms with Crippen LogP contribution in [0.2, 0.25) is 0 Å². The number of carboxylic acids is 2. The van der Waals surface area contributed by atoms with Gasteiger partial charge in [0.25, 0.3) is 0 Å². The Balaban J connectivity index is 2.82. The Morgan fingerprint density at radius 1 is 1.33 bits per heavy atom. The topological polar surface area (TPSA) is 101 Å². The SMILES string of the molecule is N[C@H](Cc1cccc(C(=O)O)c1)C(=O)O. The van der Waals surface area contributed by atoms with Gasteiger partial charge in [-0.2, -0.15) is 0 Å². The largest absolute Gasteiger partial charge is 0.480 e. The highest BCUT2D eigenvalue weighted by atomic mass is 16.4. The predicted molar refractivity (Wildman–Crippen MR) is 52.7 cm³/mol. The normalized spacial score (nSPS) is 12.1. The predicted octanol–water partition coefficient (Wildman–Crippen LogP) is 0.339. The lowest BCUT2D eigenvalue weighted by Crippen LogP contribution is -2.32. The minimum atomic E-state index is -1.10. The number of hydrogen-bond donors (Lipinski definition) is 3. The number of nitrogens with two attached hydrogens (primary N) is 1. The number of carbonyl (C=O) groups is 2. The maximum absolute atomic E-state index is 10.6. The monoisotopic (exact) mass is 209 g/mol. The van der Waals surface area contributed by atoms with Crippen LogP contribution in [0.3, 0.4) is 0 Å². The van der Waals surface area contributed by atoms with Crippen molar-refractivity contribution >= 4 is 11.9 Å². The number of hydrogen-bond acceptors (Lipinski definition) is 3. The Morgan fingerprint density at radius 2 is 2.00 bits per heavy atom. The van der Waals surface area contributed by atoms with E-state index in [1.165, 1.54) is 12.1 Å². The first-order chi connectivity index (χ1) is 7.00. The summed E-state index contributed by atoms with van der Waals surface area (Å²) in [5, 5.41) is 17.3. The second-order valence-electron chi connectivity index (χ2n) is 3.15. The highest BCUT2D eigenvalue weighted by Gasteiger charge is 2.12. The van der Waals surface area contributed by atoms with Crippen LogP contribution < -0.4 is 5.73 Å². The summed E-state index contributed by atoms with van der Waals surface area (Å²) in [6.45, 7) is 0. The molecule has 0 amide bonds. The molecule has 0 aliphatic heterocycles. The van der Waals surface area contributed by atoms with Crippen molar-refractivity contribution in [1.82, 2.24) is 0 Å². The molecule has 1 atom stereocenters. The van der Waals surface area contributed by atoms with E-state index in [9.17, 15) is 9.59 Å². The minimum absolute atomic E-state index is 0.121. The zero-order valence-corrected chi connectivity index (χ0v) is 7.88. The van der Waals surface area contributed by atoms with Gasteiger partial charge in [-0.25, -0.2) is 4.79 Å².